The van der Waals surface area contributed by atoms with E-state index in [0.29, 0.717) is 28.8 Å². The van der Waals surface area contributed by atoms with E-state index in [1.165, 1.54) is 5.56 Å². The van der Waals surface area contributed by atoms with Gasteiger partial charge in [0, 0.05) is 25.3 Å². The van der Waals surface area contributed by atoms with Gasteiger partial charge < -0.3 is 15.2 Å². The number of benzene rings is 2. The summed E-state index contributed by atoms with van der Waals surface area (Å²) in [4.78, 5) is 2.26. The second kappa shape index (κ2) is 14.2. The number of anilines is 1. The fraction of sp³-hybridized carbons (Fsp3) is 0.394. The number of nitrogens with zero attached hydrogens (tertiary/aromatic N) is 1. The van der Waals surface area contributed by atoms with E-state index in [0.717, 1.165) is 84.6 Å². The highest BCUT2D eigenvalue weighted by atomic mass is 35.5. The van der Waals surface area contributed by atoms with E-state index in [1.807, 2.05) is 44.2 Å². The monoisotopic (exact) mass is 584 g/mol. The number of allylic oxidation sites excluding steroid dienone is 7. The SMILES string of the molecule is C=C/C(=C\C=C(/C)O[C@H]1CCN(CCCF)C1)C1=C(c2ccc(OCC)c(Cl)c2Cl)CCCc2cc(N)ccc21. The Morgan fingerprint density at radius 3 is 2.70 bits per heavy atom. The fourth-order valence-corrected chi connectivity index (χ4v) is 6.07. The van der Waals surface area contributed by atoms with Crippen molar-refractivity contribution in [2.45, 2.75) is 52.1 Å². The number of nitrogen functional groups attached to an aromatic ring is 1. The van der Waals surface area contributed by atoms with Gasteiger partial charge in [0.1, 0.15) is 16.9 Å². The molecule has 214 valence electrons. The Labute approximate surface area is 247 Å². The number of hydrogen-bond donors (Lipinski definition) is 1. The molecule has 2 aliphatic rings. The summed E-state index contributed by atoms with van der Waals surface area (Å²) >= 11 is 13.5. The highest BCUT2D eigenvalue weighted by Crippen LogP contribution is 2.45. The van der Waals surface area contributed by atoms with Crippen LogP contribution in [0.25, 0.3) is 11.1 Å². The molecule has 0 radical (unpaired) electrons. The van der Waals surface area contributed by atoms with Crippen molar-refractivity contribution in [3.8, 4) is 5.75 Å². The number of nitrogens with two attached hydrogens (primary N) is 1. The van der Waals surface area contributed by atoms with E-state index in [4.69, 9.17) is 38.4 Å². The molecule has 7 heteroatoms. The topological polar surface area (TPSA) is 47.7 Å². The Morgan fingerprint density at radius 2 is 1.95 bits per heavy atom. The van der Waals surface area contributed by atoms with Gasteiger partial charge in [0.25, 0.3) is 0 Å². The van der Waals surface area contributed by atoms with Gasteiger partial charge in [-0.2, -0.15) is 0 Å². The molecule has 0 aromatic heterocycles. The molecule has 2 aromatic carbocycles. The second-order valence-electron chi connectivity index (χ2n) is 10.3. The first kappa shape index (κ1) is 30.2. The van der Waals surface area contributed by atoms with Crippen molar-refractivity contribution in [2.75, 3.05) is 38.6 Å². The third kappa shape index (κ3) is 7.12. The Balaban J connectivity index is 1.74. The molecule has 1 atom stereocenters. The van der Waals surface area contributed by atoms with Gasteiger partial charge >= 0.3 is 0 Å². The molecule has 2 N–H and O–H groups in total. The van der Waals surface area contributed by atoms with Gasteiger partial charge in [-0.25, -0.2) is 0 Å². The third-order valence-electron chi connectivity index (χ3n) is 7.44. The van der Waals surface area contributed by atoms with Crippen LogP contribution in [-0.2, 0) is 11.2 Å². The molecule has 40 heavy (non-hydrogen) atoms. The minimum atomic E-state index is -0.280. The maximum absolute atomic E-state index is 12.6. The lowest BCUT2D eigenvalue weighted by atomic mass is 9.87. The van der Waals surface area contributed by atoms with Gasteiger partial charge in [-0.15, -0.1) is 0 Å². The summed E-state index contributed by atoms with van der Waals surface area (Å²) in [7, 11) is 0. The first-order chi connectivity index (χ1) is 19.4. The second-order valence-corrected chi connectivity index (χ2v) is 11.0. The number of likely N-dealkylation sites (tertiary alicyclic amines) is 1. The Morgan fingerprint density at radius 1 is 1.15 bits per heavy atom. The minimum absolute atomic E-state index is 0.109. The molecule has 4 nitrogen and oxygen atoms in total. The smallest absolute Gasteiger partial charge is 0.139 e. The summed E-state index contributed by atoms with van der Waals surface area (Å²) in [6.45, 7) is 10.8. The van der Waals surface area contributed by atoms with Crippen LogP contribution >= 0.6 is 23.2 Å². The number of ether oxygens (including phenoxy) is 2. The molecule has 0 spiro atoms. The van der Waals surface area contributed by atoms with Gasteiger partial charge in [0.15, 0.2) is 0 Å². The summed E-state index contributed by atoms with van der Waals surface area (Å²) < 4.78 is 24.5. The van der Waals surface area contributed by atoms with Crippen LogP contribution in [0.3, 0.4) is 0 Å². The van der Waals surface area contributed by atoms with Crippen LogP contribution in [0.1, 0.15) is 56.2 Å². The molecule has 1 aliphatic carbocycles. The lowest BCUT2D eigenvalue weighted by molar-refractivity contribution is 0.121. The first-order valence-electron chi connectivity index (χ1n) is 14.1. The van der Waals surface area contributed by atoms with Crippen molar-refractivity contribution in [3.05, 3.63) is 93.2 Å². The Kier molecular flexibility index (Phi) is 10.8. The van der Waals surface area contributed by atoms with E-state index < -0.39 is 0 Å². The molecule has 4 rings (SSSR count). The number of rotatable bonds is 11. The minimum Gasteiger partial charge on any atom is -0.494 e. The van der Waals surface area contributed by atoms with E-state index in [1.54, 1.807) is 0 Å². The molecular formula is C33H39Cl2FN2O2. The molecule has 1 heterocycles. The maximum Gasteiger partial charge on any atom is 0.139 e. The number of hydrogen-bond acceptors (Lipinski definition) is 4. The van der Waals surface area contributed by atoms with Crippen molar-refractivity contribution in [3.63, 3.8) is 0 Å². The molecule has 2 aromatic rings. The summed E-state index contributed by atoms with van der Waals surface area (Å²) in [5, 5.41) is 0.899. The Hall–Kier alpha value is -2.73. The predicted molar refractivity (Wildman–Crippen MR) is 167 cm³/mol. The van der Waals surface area contributed by atoms with E-state index in [-0.39, 0.29) is 12.8 Å². The number of halogens is 3. The average molecular weight is 586 g/mol. The van der Waals surface area contributed by atoms with Crippen molar-refractivity contribution >= 4 is 40.0 Å². The number of alkyl halides is 1. The van der Waals surface area contributed by atoms with Gasteiger partial charge in [-0.1, -0.05) is 48.0 Å². The fourth-order valence-electron chi connectivity index (χ4n) is 5.58. The highest BCUT2D eigenvalue weighted by Gasteiger charge is 2.25. The molecule has 1 fully saturated rings. The molecule has 0 bridgehead atoms. The third-order valence-corrected chi connectivity index (χ3v) is 8.31. The molecule has 0 unspecified atom stereocenters. The van der Waals surface area contributed by atoms with Crippen LogP contribution in [0.4, 0.5) is 10.1 Å². The molecule has 0 saturated carbocycles. The predicted octanol–water partition coefficient (Wildman–Crippen LogP) is 8.69. The number of aryl methyl sites for hydroxylation is 1. The zero-order chi connectivity index (χ0) is 28.6. The van der Waals surface area contributed by atoms with E-state index in [9.17, 15) is 4.39 Å². The van der Waals surface area contributed by atoms with Crippen molar-refractivity contribution in [1.29, 1.82) is 0 Å². The molecule has 0 amide bonds. The molecule has 1 aliphatic heterocycles. The van der Waals surface area contributed by atoms with Crippen molar-refractivity contribution in [1.82, 2.24) is 4.90 Å². The van der Waals surface area contributed by atoms with E-state index >= 15 is 0 Å². The Bertz CT molecular complexity index is 1320. The standard InChI is InChI=1S/C33H39Cl2FN2O2/c1-4-23(11-10-22(3)40-26-16-19-38(21-26)18-7-17-36)31-27-13-12-25(37)20-24(27)8-6-9-28(31)29-14-15-30(39-5-2)33(35)32(29)34/h4,10-15,20,26H,1,5-9,16-19,21,37H2,2-3H3/b22-10+,23-11+/t26-/m0/s1. The van der Waals surface area contributed by atoms with Gasteiger partial charge in [-0.05, 0) is 110 Å². The van der Waals surface area contributed by atoms with Gasteiger partial charge in [0.2, 0.25) is 0 Å². The van der Waals surface area contributed by atoms with Crippen molar-refractivity contribution < 1.29 is 13.9 Å². The molecular weight excluding hydrogens is 546 g/mol. The van der Waals surface area contributed by atoms with Crippen LogP contribution in [0, 0.1) is 0 Å². The average Bonchev–Trinajstić information content (AvgIpc) is 3.30. The van der Waals surface area contributed by atoms with Crippen LogP contribution in [0.15, 0.2) is 66.5 Å². The number of fused-ring (bicyclic) bond motifs is 1. The first-order valence-corrected chi connectivity index (χ1v) is 14.8. The van der Waals surface area contributed by atoms with Gasteiger partial charge in [0.05, 0.1) is 24.1 Å². The summed E-state index contributed by atoms with van der Waals surface area (Å²) in [5.41, 5.74) is 13.3. The van der Waals surface area contributed by atoms with Crippen LogP contribution in [0.5, 0.6) is 5.75 Å². The lowest BCUT2D eigenvalue weighted by Crippen LogP contribution is -2.24. The van der Waals surface area contributed by atoms with Crippen molar-refractivity contribution in [2.24, 2.45) is 0 Å². The molecule has 1 saturated heterocycles. The maximum atomic E-state index is 12.6. The van der Waals surface area contributed by atoms with Crippen LogP contribution < -0.4 is 10.5 Å². The highest BCUT2D eigenvalue weighted by molar-refractivity contribution is 6.44. The lowest BCUT2D eigenvalue weighted by Gasteiger charge is -2.19. The quantitative estimate of drug-likeness (QED) is 0.163. The zero-order valence-electron chi connectivity index (χ0n) is 23.4. The van der Waals surface area contributed by atoms with E-state index in [2.05, 4.69) is 29.7 Å². The summed E-state index contributed by atoms with van der Waals surface area (Å²) in [5.74, 6) is 1.40. The van der Waals surface area contributed by atoms with Crippen LogP contribution in [0.2, 0.25) is 10.0 Å². The zero-order valence-corrected chi connectivity index (χ0v) is 25.0. The normalized spacial score (nSPS) is 18.5. The van der Waals surface area contributed by atoms with Crippen LogP contribution in [-0.4, -0.2) is 43.9 Å². The largest absolute Gasteiger partial charge is 0.494 e. The van der Waals surface area contributed by atoms with Gasteiger partial charge in [-0.3, -0.25) is 9.29 Å². The summed E-state index contributed by atoms with van der Waals surface area (Å²) in [6, 6.07) is 9.97. The summed E-state index contributed by atoms with van der Waals surface area (Å²) in [6.07, 6.45) is 10.2.